The lowest BCUT2D eigenvalue weighted by Crippen LogP contribution is -2.61. The van der Waals surface area contributed by atoms with Gasteiger partial charge in [-0.2, -0.15) is 0 Å². The number of hydrogen-bond donors (Lipinski definition) is 1. The Labute approximate surface area is 90.9 Å². The summed E-state index contributed by atoms with van der Waals surface area (Å²) in [6.07, 6.45) is -0.277. The Balaban J connectivity index is 1.68. The molecule has 15 heavy (non-hydrogen) atoms. The number of hydrogen-bond acceptors (Lipinski definition) is 3. The van der Waals surface area contributed by atoms with Gasteiger partial charge in [-0.3, -0.25) is 4.79 Å². The molecule has 0 atom stereocenters. The SMILES string of the molecule is CC(C)CN1CC(C(=O)N2CC(O)C2)C1. The fraction of sp³-hybridized carbons (Fsp3) is 0.909. The molecule has 0 aromatic heterocycles. The maximum atomic E-state index is 11.8. The summed E-state index contributed by atoms with van der Waals surface area (Å²) in [5.74, 6) is 1.10. The summed E-state index contributed by atoms with van der Waals surface area (Å²) in [6.45, 7) is 8.38. The number of aliphatic hydroxyl groups excluding tert-OH is 1. The molecule has 0 bridgehead atoms. The summed E-state index contributed by atoms with van der Waals surface area (Å²) in [5, 5.41) is 9.11. The van der Waals surface area contributed by atoms with E-state index in [2.05, 4.69) is 18.7 Å². The molecule has 86 valence electrons. The molecule has 2 rings (SSSR count). The first kappa shape index (κ1) is 10.9. The van der Waals surface area contributed by atoms with Crippen molar-refractivity contribution in [3.63, 3.8) is 0 Å². The third-order valence-electron chi connectivity index (χ3n) is 3.10. The molecule has 2 saturated heterocycles. The molecule has 2 aliphatic rings. The first-order chi connectivity index (χ1) is 7.06. The van der Waals surface area contributed by atoms with Gasteiger partial charge in [-0.05, 0) is 5.92 Å². The lowest BCUT2D eigenvalue weighted by molar-refractivity contribution is -0.151. The minimum atomic E-state index is -0.277. The summed E-state index contributed by atoms with van der Waals surface area (Å²) in [5.41, 5.74) is 0. The fourth-order valence-electron chi connectivity index (χ4n) is 2.28. The number of carbonyl (C=O) groups excluding carboxylic acids is 1. The van der Waals surface area contributed by atoms with Crippen LogP contribution in [0.25, 0.3) is 0 Å². The molecule has 1 N–H and O–H groups in total. The average Bonchev–Trinajstić information content (AvgIpc) is 2.03. The highest BCUT2D eigenvalue weighted by Crippen LogP contribution is 2.21. The van der Waals surface area contributed by atoms with Crippen molar-refractivity contribution in [2.45, 2.75) is 20.0 Å². The van der Waals surface area contributed by atoms with Crippen LogP contribution in [0.2, 0.25) is 0 Å². The molecule has 2 heterocycles. The van der Waals surface area contributed by atoms with Crippen LogP contribution in [0.4, 0.5) is 0 Å². The van der Waals surface area contributed by atoms with Crippen molar-refractivity contribution in [2.24, 2.45) is 11.8 Å². The van der Waals surface area contributed by atoms with Crippen molar-refractivity contribution in [1.82, 2.24) is 9.80 Å². The molecule has 0 unspecified atom stereocenters. The van der Waals surface area contributed by atoms with Gasteiger partial charge < -0.3 is 14.9 Å². The molecule has 0 aliphatic carbocycles. The van der Waals surface area contributed by atoms with Gasteiger partial charge >= 0.3 is 0 Å². The van der Waals surface area contributed by atoms with Crippen molar-refractivity contribution < 1.29 is 9.90 Å². The van der Waals surface area contributed by atoms with Crippen molar-refractivity contribution in [1.29, 1.82) is 0 Å². The Bertz CT molecular complexity index is 243. The molecule has 4 nitrogen and oxygen atoms in total. The lowest BCUT2D eigenvalue weighted by atomic mass is 9.95. The van der Waals surface area contributed by atoms with E-state index in [1.807, 2.05) is 0 Å². The first-order valence-corrected chi connectivity index (χ1v) is 5.75. The highest BCUT2D eigenvalue weighted by atomic mass is 16.3. The van der Waals surface area contributed by atoms with Crippen LogP contribution in [-0.2, 0) is 4.79 Å². The van der Waals surface area contributed by atoms with E-state index in [4.69, 9.17) is 5.11 Å². The zero-order chi connectivity index (χ0) is 11.0. The Morgan fingerprint density at radius 2 is 1.93 bits per heavy atom. The Hall–Kier alpha value is -0.610. The quantitative estimate of drug-likeness (QED) is 0.703. The number of rotatable bonds is 3. The van der Waals surface area contributed by atoms with Gasteiger partial charge in [-0.1, -0.05) is 13.8 Å². The molecule has 0 spiro atoms. The van der Waals surface area contributed by atoms with Gasteiger partial charge in [-0.15, -0.1) is 0 Å². The summed E-state index contributed by atoms with van der Waals surface area (Å²) >= 11 is 0. The van der Waals surface area contributed by atoms with E-state index >= 15 is 0 Å². The van der Waals surface area contributed by atoms with Crippen LogP contribution in [0.5, 0.6) is 0 Å². The maximum absolute atomic E-state index is 11.8. The van der Waals surface area contributed by atoms with Gasteiger partial charge in [0.05, 0.1) is 12.0 Å². The Kier molecular flexibility index (Phi) is 2.98. The van der Waals surface area contributed by atoms with E-state index in [-0.39, 0.29) is 17.9 Å². The number of amides is 1. The summed E-state index contributed by atoms with van der Waals surface area (Å²) in [7, 11) is 0. The van der Waals surface area contributed by atoms with Crippen LogP contribution in [0.3, 0.4) is 0 Å². The normalized spacial score (nSPS) is 24.1. The van der Waals surface area contributed by atoms with Crippen LogP contribution in [0.1, 0.15) is 13.8 Å². The molecule has 1 amide bonds. The van der Waals surface area contributed by atoms with Crippen LogP contribution in [-0.4, -0.2) is 59.6 Å². The fourth-order valence-corrected chi connectivity index (χ4v) is 2.28. The predicted molar refractivity (Wildman–Crippen MR) is 57.4 cm³/mol. The largest absolute Gasteiger partial charge is 0.389 e. The minimum Gasteiger partial charge on any atom is -0.389 e. The molecule has 0 aromatic carbocycles. The average molecular weight is 212 g/mol. The van der Waals surface area contributed by atoms with Crippen molar-refractivity contribution >= 4 is 5.91 Å². The third-order valence-corrected chi connectivity index (χ3v) is 3.10. The van der Waals surface area contributed by atoms with Crippen molar-refractivity contribution in [3.8, 4) is 0 Å². The van der Waals surface area contributed by atoms with Crippen LogP contribution >= 0.6 is 0 Å². The molecular formula is C11H20N2O2. The van der Waals surface area contributed by atoms with Gasteiger partial charge in [0.25, 0.3) is 0 Å². The zero-order valence-electron chi connectivity index (χ0n) is 9.52. The molecule has 0 radical (unpaired) electrons. The summed E-state index contributed by atoms with van der Waals surface area (Å²) in [4.78, 5) is 15.9. The highest BCUT2D eigenvalue weighted by Gasteiger charge is 2.39. The van der Waals surface area contributed by atoms with Crippen LogP contribution in [0, 0.1) is 11.8 Å². The predicted octanol–water partition coefficient (Wildman–Crippen LogP) is -0.223. The molecule has 4 heteroatoms. The number of nitrogens with zero attached hydrogens (tertiary/aromatic N) is 2. The molecule has 0 saturated carbocycles. The van der Waals surface area contributed by atoms with Gasteiger partial charge in [-0.25, -0.2) is 0 Å². The zero-order valence-corrected chi connectivity index (χ0v) is 9.52. The van der Waals surface area contributed by atoms with Crippen molar-refractivity contribution in [3.05, 3.63) is 0 Å². The lowest BCUT2D eigenvalue weighted by Gasteiger charge is -2.44. The van der Waals surface area contributed by atoms with E-state index < -0.39 is 0 Å². The monoisotopic (exact) mass is 212 g/mol. The summed E-state index contributed by atoms with van der Waals surface area (Å²) in [6, 6.07) is 0. The summed E-state index contributed by atoms with van der Waals surface area (Å²) < 4.78 is 0. The number of likely N-dealkylation sites (tertiary alicyclic amines) is 2. The van der Waals surface area contributed by atoms with E-state index in [9.17, 15) is 4.79 Å². The second-order valence-corrected chi connectivity index (χ2v) is 5.21. The second kappa shape index (κ2) is 4.10. The second-order valence-electron chi connectivity index (χ2n) is 5.21. The molecular weight excluding hydrogens is 192 g/mol. The van der Waals surface area contributed by atoms with E-state index in [0.29, 0.717) is 19.0 Å². The standard InChI is InChI=1S/C11H20N2O2/c1-8(2)3-12-4-9(5-12)11(15)13-6-10(14)7-13/h8-10,14H,3-7H2,1-2H3. The Morgan fingerprint density at radius 1 is 1.33 bits per heavy atom. The van der Waals surface area contributed by atoms with E-state index in [1.165, 1.54) is 0 Å². The van der Waals surface area contributed by atoms with Gasteiger partial charge in [0.2, 0.25) is 5.91 Å². The third kappa shape index (κ3) is 2.32. The molecule has 2 fully saturated rings. The number of carbonyl (C=O) groups is 1. The van der Waals surface area contributed by atoms with E-state index in [1.54, 1.807) is 4.90 Å². The Morgan fingerprint density at radius 3 is 2.40 bits per heavy atom. The van der Waals surface area contributed by atoms with Gasteiger partial charge in [0.15, 0.2) is 0 Å². The topological polar surface area (TPSA) is 43.8 Å². The van der Waals surface area contributed by atoms with E-state index in [0.717, 1.165) is 19.6 Å². The van der Waals surface area contributed by atoms with Crippen molar-refractivity contribution in [2.75, 3.05) is 32.7 Å². The molecule has 2 aliphatic heterocycles. The van der Waals surface area contributed by atoms with Crippen LogP contribution < -0.4 is 0 Å². The minimum absolute atomic E-state index is 0.191. The highest BCUT2D eigenvalue weighted by molar-refractivity contribution is 5.81. The number of β-amino-alcohol motifs (C(OH)–C–C–N with tert-alkyl or cyclic N) is 1. The maximum Gasteiger partial charge on any atom is 0.228 e. The molecule has 0 aromatic rings. The number of aliphatic hydroxyl groups is 1. The first-order valence-electron chi connectivity index (χ1n) is 5.75. The van der Waals surface area contributed by atoms with Crippen LogP contribution in [0.15, 0.2) is 0 Å². The smallest absolute Gasteiger partial charge is 0.228 e. The van der Waals surface area contributed by atoms with Gasteiger partial charge in [0.1, 0.15) is 0 Å². The van der Waals surface area contributed by atoms with Gasteiger partial charge in [0, 0.05) is 32.7 Å².